The number of aromatic nitrogens is 1. The molecule has 1 unspecified atom stereocenters. The summed E-state index contributed by atoms with van der Waals surface area (Å²) in [5, 5.41) is 8.85. The summed E-state index contributed by atoms with van der Waals surface area (Å²) in [6.45, 7) is 5.63. The maximum atomic E-state index is 12.5. The summed E-state index contributed by atoms with van der Waals surface area (Å²) in [4.78, 5) is 24.5. The molecule has 2 aromatic rings. The average Bonchev–Trinajstić information content (AvgIpc) is 2.81. The van der Waals surface area contributed by atoms with Crippen molar-refractivity contribution < 1.29 is 14.7 Å². The highest BCUT2D eigenvalue weighted by atomic mass is 16.4. The van der Waals surface area contributed by atoms with Crippen LogP contribution in [0, 0.1) is 13.8 Å². The molecule has 1 heterocycles. The van der Waals surface area contributed by atoms with Crippen molar-refractivity contribution in [2.24, 2.45) is 0 Å². The van der Waals surface area contributed by atoms with E-state index < -0.39 is 5.97 Å². The minimum atomic E-state index is -1.02. The number of aliphatic carboxylic acids is 1. The Morgan fingerprint density at radius 2 is 1.83 bits per heavy atom. The molecule has 5 nitrogen and oxygen atoms in total. The Morgan fingerprint density at radius 3 is 2.39 bits per heavy atom. The first-order valence-electron chi connectivity index (χ1n) is 7.53. The molecule has 1 atom stereocenters. The normalized spacial score (nSPS) is 12.0. The molecule has 122 valence electrons. The number of hydrogen-bond acceptors (Lipinski definition) is 2. The molecule has 0 saturated heterocycles. The van der Waals surface area contributed by atoms with Crippen LogP contribution >= 0.6 is 0 Å². The number of nitrogens with zero attached hydrogens (tertiary/aromatic N) is 2. The fourth-order valence-electron chi connectivity index (χ4n) is 2.95. The molecule has 0 aliphatic carbocycles. The molecule has 1 N–H and O–H groups in total. The number of likely N-dealkylation sites (N-methyl/N-ethyl adjacent to an activating group) is 1. The van der Waals surface area contributed by atoms with E-state index in [9.17, 15) is 9.59 Å². The molecule has 0 fully saturated rings. The van der Waals surface area contributed by atoms with Crippen molar-refractivity contribution in [2.75, 3.05) is 13.6 Å². The lowest BCUT2D eigenvalue weighted by atomic mass is 10.1. The molecule has 0 aliphatic heterocycles. The summed E-state index contributed by atoms with van der Waals surface area (Å²) in [6.07, 6.45) is 0. The Morgan fingerprint density at radius 1 is 1.22 bits per heavy atom. The summed E-state index contributed by atoms with van der Waals surface area (Å²) < 4.78 is 2.11. The summed E-state index contributed by atoms with van der Waals surface area (Å²) >= 11 is 0. The van der Waals surface area contributed by atoms with Gasteiger partial charge >= 0.3 is 5.97 Å². The van der Waals surface area contributed by atoms with Gasteiger partial charge in [-0.1, -0.05) is 30.3 Å². The molecule has 23 heavy (non-hydrogen) atoms. The SMILES string of the molecule is Cc1cc(C(=O)N(C)CC(=O)O)c(C)n1C(C)c1ccccc1. The molecular formula is C18H22N2O3. The van der Waals surface area contributed by atoms with Crippen molar-refractivity contribution in [3.63, 3.8) is 0 Å². The number of carboxylic acids is 1. The van der Waals surface area contributed by atoms with E-state index in [4.69, 9.17) is 5.11 Å². The van der Waals surface area contributed by atoms with Gasteiger partial charge in [-0.3, -0.25) is 9.59 Å². The lowest BCUT2D eigenvalue weighted by Crippen LogP contribution is -2.32. The zero-order chi connectivity index (χ0) is 17.1. The van der Waals surface area contributed by atoms with Gasteiger partial charge < -0.3 is 14.6 Å². The van der Waals surface area contributed by atoms with Crippen molar-refractivity contribution in [3.05, 3.63) is 58.9 Å². The van der Waals surface area contributed by atoms with E-state index in [2.05, 4.69) is 23.6 Å². The van der Waals surface area contributed by atoms with Gasteiger partial charge in [0.1, 0.15) is 6.54 Å². The van der Waals surface area contributed by atoms with E-state index in [-0.39, 0.29) is 18.5 Å². The maximum absolute atomic E-state index is 12.5. The van der Waals surface area contributed by atoms with Crippen LogP contribution in [0.15, 0.2) is 36.4 Å². The number of carboxylic acid groups (broad SMARTS) is 1. The van der Waals surface area contributed by atoms with Crippen LogP contribution in [-0.2, 0) is 4.79 Å². The monoisotopic (exact) mass is 314 g/mol. The van der Waals surface area contributed by atoms with Gasteiger partial charge in [0, 0.05) is 18.4 Å². The highest BCUT2D eigenvalue weighted by molar-refractivity contribution is 5.97. The lowest BCUT2D eigenvalue weighted by molar-refractivity contribution is -0.137. The van der Waals surface area contributed by atoms with Gasteiger partial charge in [0.15, 0.2) is 0 Å². The fraction of sp³-hybridized carbons (Fsp3) is 0.333. The van der Waals surface area contributed by atoms with Crippen molar-refractivity contribution in [2.45, 2.75) is 26.8 Å². The van der Waals surface area contributed by atoms with Crippen LogP contribution in [-0.4, -0.2) is 40.0 Å². The number of carbonyl (C=O) groups excluding carboxylic acids is 1. The molecule has 5 heteroatoms. The Bertz CT molecular complexity index is 719. The smallest absolute Gasteiger partial charge is 0.323 e. The minimum absolute atomic E-state index is 0.0996. The molecule has 2 rings (SSSR count). The summed E-state index contributed by atoms with van der Waals surface area (Å²) in [6, 6.07) is 12.0. The Hall–Kier alpha value is -2.56. The average molecular weight is 314 g/mol. The Balaban J connectivity index is 2.36. The number of amides is 1. The first kappa shape index (κ1) is 16.8. The van der Waals surface area contributed by atoms with Crippen molar-refractivity contribution >= 4 is 11.9 Å². The van der Waals surface area contributed by atoms with E-state index in [1.165, 1.54) is 11.9 Å². The number of rotatable bonds is 5. The number of carbonyl (C=O) groups is 2. The van der Waals surface area contributed by atoms with E-state index in [1.807, 2.05) is 38.1 Å². The van der Waals surface area contributed by atoms with Crippen LogP contribution in [0.4, 0.5) is 0 Å². The lowest BCUT2D eigenvalue weighted by Gasteiger charge is -2.20. The second-order valence-corrected chi connectivity index (χ2v) is 5.80. The van der Waals surface area contributed by atoms with Crippen LogP contribution in [0.3, 0.4) is 0 Å². The zero-order valence-corrected chi connectivity index (χ0v) is 13.9. The molecule has 0 spiro atoms. The third-order valence-corrected chi connectivity index (χ3v) is 4.10. The predicted molar refractivity (Wildman–Crippen MR) is 88.8 cm³/mol. The van der Waals surface area contributed by atoms with Crippen LogP contribution in [0.25, 0.3) is 0 Å². The van der Waals surface area contributed by atoms with Gasteiger partial charge in [0.05, 0.1) is 11.6 Å². The molecule has 1 aromatic carbocycles. The van der Waals surface area contributed by atoms with Gasteiger partial charge in [-0.2, -0.15) is 0 Å². The van der Waals surface area contributed by atoms with Gasteiger partial charge in [-0.05, 0) is 32.4 Å². The van der Waals surface area contributed by atoms with E-state index in [1.54, 1.807) is 0 Å². The topological polar surface area (TPSA) is 62.5 Å². The summed E-state index contributed by atoms with van der Waals surface area (Å²) in [7, 11) is 1.50. The van der Waals surface area contributed by atoms with Crippen LogP contribution in [0.2, 0.25) is 0 Å². The number of aryl methyl sites for hydroxylation is 1. The molecule has 0 aliphatic rings. The quantitative estimate of drug-likeness (QED) is 0.923. The molecule has 0 saturated carbocycles. The van der Waals surface area contributed by atoms with Gasteiger partial charge in [0.2, 0.25) is 0 Å². The summed E-state index contributed by atoms with van der Waals surface area (Å²) in [5.74, 6) is -1.29. The van der Waals surface area contributed by atoms with Crippen LogP contribution in [0.1, 0.15) is 40.3 Å². The van der Waals surface area contributed by atoms with Gasteiger partial charge in [-0.15, -0.1) is 0 Å². The third kappa shape index (κ3) is 3.44. The molecular weight excluding hydrogens is 292 g/mol. The minimum Gasteiger partial charge on any atom is -0.480 e. The van der Waals surface area contributed by atoms with E-state index in [0.717, 1.165) is 17.0 Å². The van der Waals surface area contributed by atoms with Crippen molar-refractivity contribution in [1.82, 2.24) is 9.47 Å². The van der Waals surface area contributed by atoms with E-state index in [0.29, 0.717) is 5.56 Å². The second-order valence-electron chi connectivity index (χ2n) is 5.80. The number of hydrogen-bond donors (Lipinski definition) is 1. The molecule has 1 amide bonds. The summed E-state index contributed by atoms with van der Waals surface area (Å²) in [5.41, 5.74) is 3.54. The largest absolute Gasteiger partial charge is 0.480 e. The molecule has 0 bridgehead atoms. The Kier molecular flexibility index (Phi) is 4.89. The van der Waals surface area contributed by atoms with Crippen LogP contribution < -0.4 is 0 Å². The van der Waals surface area contributed by atoms with Gasteiger partial charge in [-0.25, -0.2) is 0 Å². The highest BCUT2D eigenvalue weighted by Gasteiger charge is 2.22. The second kappa shape index (κ2) is 6.69. The fourth-order valence-corrected chi connectivity index (χ4v) is 2.95. The molecule has 0 radical (unpaired) electrons. The van der Waals surface area contributed by atoms with Gasteiger partial charge in [0.25, 0.3) is 5.91 Å². The number of benzene rings is 1. The third-order valence-electron chi connectivity index (χ3n) is 4.10. The van der Waals surface area contributed by atoms with Crippen molar-refractivity contribution in [3.8, 4) is 0 Å². The van der Waals surface area contributed by atoms with Crippen LogP contribution in [0.5, 0.6) is 0 Å². The molecule has 1 aromatic heterocycles. The highest BCUT2D eigenvalue weighted by Crippen LogP contribution is 2.26. The standard InChI is InChI=1S/C18H22N2O3/c1-12-10-16(18(23)19(4)11-17(21)22)14(3)20(12)13(2)15-8-6-5-7-9-15/h5-10,13H,11H2,1-4H3,(H,21,22). The first-order chi connectivity index (χ1) is 10.8. The Labute approximate surface area is 136 Å². The van der Waals surface area contributed by atoms with E-state index >= 15 is 0 Å². The first-order valence-corrected chi connectivity index (χ1v) is 7.53. The zero-order valence-electron chi connectivity index (χ0n) is 13.9. The maximum Gasteiger partial charge on any atom is 0.323 e. The predicted octanol–water partition coefficient (Wildman–Crippen LogP) is 2.87. The van der Waals surface area contributed by atoms with Crippen molar-refractivity contribution in [1.29, 1.82) is 0 Å².